The summed E-state index contributed by atoms with van der Waals surface area (Å²) in [5, 5.41) is 3.10. The normalized spacial score (nSPS) is 20.0. The van der Waals surface area contributed by atoms with Crippen LogP contribution in [-0.4, -0.2) is 45.0 Å². The molecule has 0 saturated carbocycles. The molecule has 3 rings (SSSR count). The van der Waals surface area contributed by atoms with Crippen LogP contribution in [-0.2, 0) is 0 Å². The van der Waals surface area contributed by atoms with E-state index in [4.69, 9.17) is 18.9 Å². The molecule has 0 bridgehead atoms. The van der Waals surface area contributed by atoms with Crippen molar-refractivity contribution in [1.29, 1.82) is 0 Å². The van der Waals surface area contributed by atoms with Gasteiger partial charge in [0.05, 0.1) is 26.9 Å². The lowest BCUT2D eigenvalue weighted by Crippen LogP contribution is -2.46. The van der Waals surface area contributed by atoms with Crippen LogP contribution in [0.1, 0.15) is 49.5 Å². The maximum absolute atomic E-state index is 13.2. The van der Waals surface area contributed by atoms with Crippen molar-refractivity contribution in [2.75, 3.05) is 26.9 Å². The van der Waals surface area contributed by atoms with E-state index in [1.807, 2.05) is 45.0 Å². The average molecular weight is 444 g/mol. The topological polar surface area (TPSA) is 90.1 Å². The summed E-state index contributed by atoms with van der Waals surface area (Å²) >= 11 is 0. The fourth-order valence-electron chi connectivity index (χ4n) is 3.87. The number of hydrogen-bond acceptors (Lipinski definition) is 7. The molecule has 0 aromatic heterocycles. The van der Waals surface area contributed by atoms with Crippen molar-refractivity contribution in [3.63, 3.8) is 0 Å². The van der Waals surface area contributed by atoms with Gasteiger partial charge in [-0.15, -0.1) is 0 Å². The van der Waals surface area contributed by atoms with Crippen LogP contribution in [0.3, 0.4) is 0 Å². The van der Waals surface area contributed by atoms with Crippen LogP contribution in [0.5, 0.6) is 23.0 Å². The number of carbonyl (C=O) groups excluding carboxylic acids is 1. The van der Waals surface area contributed by atoms with Gasteiger partial charge in [-0.3, -0.25) is 10.2 Å². The highest BCUT2D eigenvalue weighted by molar-refractivity contribution is 5.96. The van der Waals surface area contributed by atoms with Crippen molar-refractivity contribution >= 4 is 5.91 Å². The number of rotatable bonds is 10. The third kappa shape index (κ3) is 5.26. The van der Waals surface area contributed by atoms with E-state index >= 15 is 0 Å². The van der Waals surface area contributed by atoms with Crippen LogP contribution in [0, 0.1) is 0 Å². The van der Waals surface area contributed by atoms with Crippen molar-refractivity contribution in [3.8, 4) is 23.0 Å². The van der Waals surface area contributed by atoms with Crippen molar-refractivity contribution in [2.24, 2.45) is 0 Å². The number of carbonyl (C=O) groups is 1. The molecule has 32 heavy (non-hydrogen) atoms. The maximum Gasteiger partial charge on any atom is 0.252 e. The van der Waals surface area contributed by atoms with Crippen LogP contribution >= 0.6 is 0 Å². The summed E-state index contributed by atoms with van der Waals surface area (Å²) in [6.45, 7) is 9.10. The van der Waals surface area contributed by atoms with Gasteiger partial charge in [0.1, 0.15) is 11.9 Å². The molecule has 3 atom stereocenters. The molecule has 8 heteroatoms. The minimum Gasteiger partial charge on any atom is -0.497 e. The zero-order valence-corrected chi connectivity index (χ0v) is 19.4. The van der Waals surface area contributed by atoms with Gasteiger partial charge in [-0.05, 0) is 57.5 Å². The molecular weight excluding hydrogens is 410 g/mol. The maximum atomic E-state index is 13.2. The first-order valence-corrected chi connectivity index (χ1v) is 11.0. The molecular formula is C24H33N3O5. The summed E-state index contributed by atoms with van der Waals surface area (Å²) in [6, 6.07) is 11.4. The van der Waals surface area contributed by atoms with Gasteiger partial charge < -0.3 is 24.3 Å². The van der Waals surface area contributed by atoms with Crippen molar-refractivity contribution in [2.45, 2.75) is 45.8 Å². The number of hydrazine groups is 1. The Kier molecular flexibility index (Phi) is 8.19. The smallest absolute Gasteiger partial charge is 0.252 e. The van der Waals surface area contributed by atoms with E-state index < -0.39 is 0 Å². The molecule has 0 spiro atoms. The molecule has 0 radical (unpaired) electrons. The highest BCUT2D eigenvalue weighted by Crippen LogP contribution is 2.39. The quantitative estimate of drug-likeness (QED) is 0.519. The van der Waals surface area contributed by atoms with Gasteiger partial charge in [-0.25, -0.2) is 5.43 Å². The van der Waals surface area contributed by atoms with E-state index in [0.29, 0.717) is 42.6 Å². The first-order chi connectivity index (χ1) is 15.5. The van der Waals surface area contributed by atoms with Crippen LogP contribution in [0.25, 0.3) is 0 Å². The number of methoxy groups -OCH3 is 1. The molecule has 1 aliphatic rings. The highest BCUT2D eigenvalue weighted by atomic mass is 16.5. The van der Waals surface area contributed by atoms with Crippen molar-refractivity contribution in [3.05, 3.63) is 47.5 Å². The van der Waals surface area contributed by atoms with Crippen LogP contribution in [0.15, 0.2) is 36.4 Å². The van der Waals surface area contributed by atoms with Gasteiger partial charge in [-0.1, -0.05) is 12.1 Å². The number of amides is 1. The van der Waals surface area contributed by atoms with Crippen LogP contribution in [0.2, 0.25) is 0 Å². The molecule has 0 aliphatic carbocycles. The van der Waals surface area contributed by atoms with E-state index in [1.54, 1.807) is 19.2 Å². The van der Waals surface area contributed by atoms with Gasteiger partial charge >= 0.3 is 0 Å². The number of nitrogens with one attached hydrogen (secondary N) is 3. The lowest BCUT2D eigenvalue weighted by atomic mass is 9.91. The summed E-state index contributed by atoms with van der Waals surface area (Å²) in [5.74, 6) is 2.08. The minimum atomic E-state index is -0.302. The third-order valence-corrected chi connectivity index (χ3v) is 5.32. The zero-order valence-electron chi connectivity index (χ0n) is 19.4. The largest absolute Gasteiger partial charge is 0.497 e. The minimum absolute atomic E-state index is 0.0327. The molecule has 3 unspecified atom stereocenters. The van der Waals surface area contributed by atoms with Crippen LogP contribution in [0.4, 0.5) is 0 Å². The predicted molar refractivity (Wildman–Crippen MR) is 123 cm³/mol. The lowest BCUT2D eigenvalue weighted by Gasteiger charge is -2.23. The van der Waals surface area contributed by atoms with E-state index in [9.17, 15) is 4.79 Å². The molecule has 1 saturated heterocycles. The Morgan fingerprint density at radius 1 is 0.938 bits per heavy atom. The second-order valence-corrected chi connectivity index (χ2v) is 7.43. The van der Waals surface area contributed by atoms with Gasteiger partial charge in [-0.2, -0.15) is 0 Å². The van der Waals surface area contributed by atoms with Gasteiger partial charge in [0, 0.05) is 17.5 Å². The Labute approximate surface area is 189 Å². The molecule has 1 amide bonds. The summed E-state index contributed by atoms with van der Waals surface area (Å²) in [4.78, 5) is 13.2. The molecule has 1 heterocycles. The first-order valence-electron chi connectivity index (χ1n) is 11.0. The lowest BCUT2D eigenvalue weighted by molar-refractivity contribution is 0.0927. The Morgan fingerprint density at radius 2 is 1.53 bits per heavy atom. The molecule has 1 aliphatic heterocycles. The van der Waals surface area contributed by atoms with E-state index in [-0.39, 0.29) is 24.0 Å². The second-order valence-electron chi connectivity index (χ2n) is 7.43. The van der Waals surface area contributed by atoms with Gasteiger partial charge in [0.2, 0.25) is 5.75 Å². The summed E-state index contributed by atoms with van der Waals surface area (Å²) in [7, 11) is 1.64. The molecule has 3 N–H and O–H groups in total. The van der Waals surface area contributed by atoms with Gasteiger partial charge in [0.15, 0.2) is 11.5 Å². The number of benzene rings is 2. The van der Waals surface area contributed by atoms with Crippen molar-refractivity contribution in [1.82, 2.24) is 16.2 Å². The second kappa shape index (κ2) is 11.1. The molecule has 174 valence electrons. The standard InChI is InChI=1S/C24H33N3O5/c1-6-30-19-13-17(14-20(31-7-2)22(19)32-8-3)24(28)25-23-21(15(4)26-27-23)16-9-11-18(29-5)12-10-16/h9-15,21,23,26-27H,6-8H2,1-5H3,(H,25,28). The predicted octanol–water partition coefficient (Wildman–Crippen LogP) is 3.23. The Balaban J connectivity index is 1.85. The van der Waals surface area contributed by atoms with Crippen molar-refractivity contribution < 1.29 is 23.7 Å². The van der Waals surface area contributed by atoms with Crippen LogP contribution < -0.4 is 35.1 Å². The zero-order chi connectivity index (χ0) is 23.1. The summed E-state index contributed by atoms with van der Waals surface area (Å²) in [6.07, 6.45) is -0.302. The van der Waals surface area contributed by atoms with E-state index in [2.05, 4.69) is 23.1 Å². The SMILES string of the molecule is CCOc1cc(C(=O)NC2NNC(C)C2c2ccc(OC)cc2)cc(OCC)c1OCC. The van der Waals surface area contributed by atoms with E-state index in [1.165, 1.54) is 0 Å². The number of ether oxygens (including phenoxy) is 4. The molecule has 1 fully saturated rings. The van der Waals surface area contributed by atoms with E-state index in [0.717, 1.165) is 11.3 Å². The first kappa shape index (κ1) is 23.7. The fraction of sp³-hybridized carbons (Fsp3) is 0.458. The molecule has 2 aromatic rings. The summed E-state index contributed by atoms with van der Waals surface area (Å²) < 4.78 is 22.5. The summed E-state index contributed by atoms with van der Waals surface area (Å²) in [5.41, 5.74) is 7.96. The number of hydrogen-bond donors (Lipinski definition) is 3. The third-order valence-electron chi connectivity index (χ3n) is 5.32. The highest BCUT2D eigenvalue weighted by Gasteiger charge is 2.35. The monoisotopic (exact) mass is 443 g/mol. The average Bonchev–Trinajstić information content (AvgIpc) is 3.15. The van der Waals surface area contributed by atoms with Gasteiger partial charge in [0.25, 0.3) is 5.91 Å². The fourth-order valence-corrected chi connectivity index (χ4v) is 3.87. The Bertz CT molecular complexity index is 876. The Hall–Kier alpha value is -2.97. The molecule has 2 aromatic carbocycles. The molecule has 8 nitrogen and oxygen atoms in total. The Morgan fingerprint density at radius 3 is 2.06 bits per heavy atom.